The highest BCUT2D eigenvalue weighted by atomic mass is 19.1. The molecule has 6 heteroatoms. The van der Waals surface area contributed by atoms with Crippen LogP contribution in [0.3, 0.4) is 0 Å². The average molecular weight is 337 g/mol. The number of rotatable bonds is 10. The molecule has 5 nitrogen and oxygen atoms in total. The van der Waals surface area contributed by atoms with Gasteiger partial charge in [0.05, 0.1) is 13.7 Å². The number of unbranched alkanes of at least 4 members (excludes halogenated alkanes) is 3. The molecule has 134 valence electrons. The predicted octanol–water partition coefficient (Wildman–Crippen LogP) is 3.00. The summed E-state index contributed by atoms with van der Waals surface area (Å²) < 4.78 is 17.8. The van der Waals surface area contributed by atoms with E-state index in [0.29, 0.717) is 13.0 Å². The van der Waals surface area contributed by atoms with Crippen molar-refractivity contribution in [2.24, 2.45) is 4.99 Å². The first-order chi connectivity index (χ1) is 11.7. The number of nitrogens with zero attached hydrogens (tertiary/aromatic N) is 1. The van der Waals surface area contributed by atoms with E-state index in [0.717, 1.165) is 50.3 Å². The lowest BCUT2D eigenvalue weighted by Crippen LogP contribution is -2.37. The minimum atomic E-state index is -0.243. The Balaban J connectivity index is 2.25. The van der Waals surface area contributed by atoms with E-state index in [1.807, 2.05) is 13.0 Å². The van der Waals surface area contributed by atoms with Gasteiger partial charge in [0.25, 0.3) is 0 Å². The molecule has 0 unspecified atom stereocenters. The minimum absolute atomic E-state index is 0.146. The summed E-state index contributed by atoms with van der Waals surface area (Å²) >= 11 is 0. The highest BCUT2D eigenvalue weighted by Gasteiger charge is 2.00. The van der Waals surface area contributed by atoms with E-state index in [9.17, 15) is 9.18 Å². The van der Waals surface area contributed by atoms with Gasteiger partial charge in [-0.25, -0.2) is 9.38 Å². The van der Waals surface area contributed by atoms with Crippen LogP contribution in [-0.2, 0) is 16.1 Å². The van der Waals surface area contributed by atoms with Crippen LogP contribution >= 0.6 is 0 Å². The van der Waals surface area contributed by atoms with Crippen molar-refractivity contribution >= 4 is 11.9 Å². The average Bonchev–Trinajstić information content (AvgIpc) is 2.58. The summed E-state index contributed by atoms with van der Waals surface area (Å²) in [6.07, 6.45) is 4.41. The van der Waals surface area contributed by atoms with Gasteiger partial charge < -0.3 is 15.4 Å². The van der Waals surface area contributed by atoms with Gasteiger partial charge in [0, 0.05) is 19.5 Å². The Hall–Kier alpha value is -2.11. The maximum atomic E-state index is 13.2. The number of guanidine groups is 1. The van der Waals surface area contributed by atoms with Gasteiger partial charge in [-0.1, -0.05) is 25.0 Å². The second-order valence-corrected chi connectivity index (χ2v) is 5.49. The summed E-state index contributed by atoms with van der Waals surface area (Å²) in [6, 6.07) is 6.47. The third-order valence-electron chi connectivity index (χ3n) is 3.48. The van der Waals surface area contributed by atoms with Crippen LogP contribution in [-0.4, -0.2) is 32.1 Å². The Morgan fingerprint density at radius 3 is 2.71 bits per heavy atom. The Bertz CT molecular complexity index is 521. The van der Waals surface area contributed by atoms with Crippen molar-refractivity contribution < 1.29 is 13.9 Å². The van der Waals surface area contributed by atoms with Crippen LogP contribution in [0.25, 0.3) is 0 Å². The third kappa shape index (κ3) is 9.12. The first kappa shape index (κ1) is 19.9. The van der Waals surface area contributed by atoms with Crippen LogP contribution in [0, 0.1) is 5.82 Å². The largest absolute Gasteiger partial charge is 0.469 e. The second kappa shape index (κ2) is 12.3. The molecule has 1 rings (SSSR count). The summed E-state index contributed by atoms with van der Waals surface area (Å²) in [5.74, 6) is 0.343. The molecule has 0 aromatic heterocycles. The fourth-order valence-electron chi connectivity index (χ4n) is 2.20. The second-order valence-electron chi connectivity index (χ2n) is 5.49. The third-order valence-corrected chi connectivity index (χ3v) is 3.48. The van der Waals surface area contributed by atoms with Crippen molar-refractivity contribution in [1.29, 1.82) is 0 Å². The van der Waals surface area contributed by atoms with E-state index in [1.54, 1.807) is 6.07 Å². The van der Waals surface area contributed by atoms with Crippen LogP contribution in [0.5, 0.6) is 0 Å². The minimum Gasteiger partial charge on any atom is -0.469 e. The number of ether oxygens (including phenoxy) is 1. The van der Waals surface area contributed by atoms with Crippen molar-refractivity contribution in [1.82, 2.24) is 10.6 Å². The first-order valence-electron chi connectivity index (χ1n) is 8.49. The maximum absolute atomic E-state index is 13.2. The monoisotopic (exact) mass is 337 g/mol. The number of methoxy groups -OCH3 is 1. The van der Waals surface area contributed by atoms with E-state index in [-0.39, 0.29) is 11.8 Å². The van der Waals surface area contributed by atoms with Crippen molar-refractivity contribution in [3.63, 3.8) is 0 Å². The summed E-state index contributed by atoms with van der Waals surface area (Å²) in [4.78, 5) is 15.4. The lowest BCUT2D eigenvalue weighted by molar-refractivity contribution is -0.140. The molecule has 0 spiro atoms. The molecule has 0 saturated heterocycles. The Morgan fingerprint density at radius 1 is 1.21 bits per heavy atom. The van der Waals surface area contributed by atoms with Crippen molar-refractivity contribution in [2.45, 2.75) is 45.6 Å². The summed E-state index contributed by atoms with van der Waals surface area (Å²) in [5.41, 5.74) is 0.843. The topological polar surface area (TPSA) is 62.7 Å². The van der Waals surface area contributed by atoms with Gasteiger partial charge in [0.2, 0.25) is 0 Å². The lowest BCUT2D eigenvalue weighted by Gasteiger charge is -2.11. The predicted molar refractivity (Wildman–Crippen MR) is 94.3 cm³/mol. The molecule has 0 fully saturated rings. The molecule has 0 aliphatic heterocycles. The van der Waals surface area contributed by atoms with E-state index < -0.39 is 0 Å². The zero-order valence-electron chi connectivity index (χ0n) is 14.6. The van der Waals surface area contributed by atoms with Gasteiger partial charge in [0.15, 0.2) is 5.96 Å². The normalized spacial score (nSPS) is 11.2. The smallest absolute Gasteiger partial charge is 0.305 e. The maximum Gasteiger partial charge on any atom is 0.305 e. The Morgan fingerprint density at radius 2 is 2.00 bits per heavy atom. The zero-order chi connectivity index (χ0) is 17.6. The van der Waals surface area contributed by atoms with Crippen LogP contribution < -0.4 is 10.6 Å². The number of aliphatic imine (C=N–C) groups is 1. The number of carbonyl (C=O) groups is 1. The molecular weight excluding hydrogens is 309 g/mol. The molecular formula is C18H28FN3O2. The SMILES string of the molecule is CCNC(=NCc1cccc(F)c1)NCCCCCCC(=O)OC. The quantitative estimate of drug-likeness (QED) is 0.298. The fraction of sp³-hybridized carbons (Fsp3) is 0.556. The molecule has 0 bridgehead atoms. The molecule has 0 heterocycles. The molecule has 0 radical (unpaired) electrons. The Labute approximate surface area is 143 Å². The van der Waals surface area contributed by atoms with Gasteiger partial charge in [-0.15, -0.1) is 0 Å². The van der Waals surface area contributed by atoms with Crippen LogP contribution in [0.1, 0.15) is 44.6 Å². The molecule has 1 aromatic carbocycles. The number of esters is 1. The Kier molecular flexibility index (Phi) is 10.2. The molecule has 0 aliphatic carbocycles. The van der Waals surface area contributed by atoms with Crippen LogP contribution in [0.15, 0.2) is 29.3 Å². The van der Waals surface area contributed by atoms with Crippen molar-refractivity contribution in [2.75, 3.05) is 20.2 Å². The first-order valence-corrected chi connectivity index (χ1v) is 8.49. The number of carbonyl (C=O) groups excluding carboxylic acids is 1. The summed E-state index contributed by atoms with van der Waals surface area (Å²) in [5, 5.41) is 6.45. The zero-order valence-corrected chi connectivity index (χ0v) is 14.6. The molecule has 0 aliphatic rings. The molecule has 2 N–H and O–H groups in total. The standard InChI is InChI=1S/C18H28FN3O2/c1-3-20-18(22-14-15-9-8-10-16(19)13-15)21-12-7-5-4-6-11-17(23)24-2/h8-10,13H,3-7,11-12,14H2,1-2H3,(H2,20,21,22). The van der Waals surface area contributed by atoms with Crippen LogP contribution in [0.2, 0.25) is 0 Å². The van der Waals surface area contributed by atoms with Crippen molar-refractivity contribution in [3.8, 4) is 0 Å². The summed E-state index contributed by atoms with van der Waals surface area (Å²) in [6.45, 7) is 4.03. The molecule has 24 heavy (non-hydrogen) atoms. The molecule has 0 atom stereocenters. The highest BCUT2D eigenvalue weighted by Crippen LogP contribution is 2.05. The molecule has 1 aromatic rings. The lowest BCUT2D eigenvalue weighted by atomic mass is 10.1. The van der Waals surface area contributed by atoms with E-state index in [1.165, 1.54) is 19.2 Å². The van der Waals surface area contributed by atoms with Gasteiger partial charge in [-0.05, 0) is 37.5 Å². The van der Waals surface area contributed by atoms with Gasteiger partial charge in [-0.3, -0.25) is 4.79 Å². The number of hydrogen-bond acceptors (Lipinski definition) is 3. The van der Waals surface area contributed by atoms with Gasteiger partial charge >= 0.3 is 5.97 Å². The number of hydrogen-bond donors (Lipinski definition) is 2. The molecule has 0 amide bonds. The van der Waals surface area contributed by atoms with Gasteiger partial charge in [-0.2, -0.15) is 0 Å². The van der Waals surface area contributed by atoms with Gasteiger partial charge in [0.1, 0.15) is 5.82 Å². The molecule has 0 saturated carbocycles. The highest BCUT2D eigenvalue weighted by molar-refractivity contribution is 5.79. The van der Waals surface area contributed by atoms with E-state index in [2.05, 4.69) is 20.4 Å². The number of benzene rings is 1. The number of halogens is 1. The van der Waals surface area contributed by atoms with E-state index >= 15 is 0 Å². The van der Waals surface area contributed by atoms with E-state index in [4.69, 9.17) is 0 Å². The summed E-state index contributed by atoms with van der Waals surface area (Å²) in [7, 11) is 1.41. The number of nitrogens with one attached hydrogen (secondary N) is 2. The fourth-order valence-corrected chi connectivity index (χ4v) is 2.20. The van der Waals surface area contributed by atoms with Crippen molar-refractivity contribution in [3.05, 3.63) is 35.6 Å². The van der Waals surface area contributed by atoms with Crippen LogP contribution in [0.4, 0.5) is 4.39 Å².